The van der Waals surface area contributed by atoms with Crippen LogP contribution < -0.4 is 21.3 Å². The molecule has 1 aromatic carbocycles. The highest BCUT2D eigenvalue weighted by atomic mass is 19.3. The van der Waals surface area contributed by atoms with E-state index in [-0.39, 0.29) is 23.4 Å². The van der Waals surface area contributed by atoms with Gasteiger partial charge in [0.1, 0.15) is 5.84 Å². The zero-order chi connectivity index (χ0) is 26.5. The summed E-state index contributed by atoms with van der Waals surface area (Å²) in [6.07, 6.45) is 4.45. The van der Waals surface area contributed by atoms with Gasteiger partial charge in [-0.05, 0) is 68.5 Å². The fraction of sp³-hybridized carbons (Fsp3) is 0.593. The monoisotopic (exact) mass is 515 g/mol. The van der Waals surface area contributed by atoms with Crippen LogP contribution in [0.2, 0.25) is 0 Å². The van der Waals surface area contributed by atoms with Crippen LogP contribution in [0.1, 0.15) is 55.7 Å². The molecule has 3 aliphatic rings. The molecule has 1 aromatic rings. The molecule has 2 unspecified atom stereocenters. The van der Waals surface area contributed by atoms with Crippen molar-refractivity contribution in [1.82, 2.24) is 15.5 Å². The molecule has 2 fully saturated rings. The summed E-state index contributed by atoms with van der Waals surface area (Å²) in [5, 5.41) is 16.5. The number of nitrogens with two attached hydrogens (primary N) is 1. The number of halogens is 2. The molecule has 4 rings (SSSR count). The van der Waals surface area contributed by atoms with Gasteiger partial charge in [-0.1, -0.05) is 0 Å². The van der Waals surface area contributed by atoms with Crippen molar-refractivity contribution >= 4 is 29.2 Å². The third-order valence-corrected chi connectivity index (χ3v) is 7.85. The van der Waals surface area contributed by atoms with E-state index in [2.05, 4.69) is 15.6 Å². The first-order valence-electron chi connectivity index (χ1n) is 13.2. The number of fused-ring (bicyclic) bond motifs is 1. The number of rotatable bonds is 6. The summed E-state index contributed by atoms with van der Waals surface area (Å²) in [5.74, 6) is 0.163. The predicted molar refractivity (Wildman–Crippen MR) is 145 cm³/mol. The van der Waals surface area contributed by atoms with Crippen molar-refractivity contribution in [2.75, 3.05) is 44.7 Å². The van der Waals surface area contributed by atoms with Gasteiger partial charge in [0.15, 0.2) is 0 Å². The molecule has 0 aromatic heterocycles. The summed E-state index contributed by atoms with van der Waals surface area (Å²) in [6, 6.07) is 3.73. The van der Waals surface area contributed by atoms with E-state index in [1.54, 1.807) is 24.9 Å². The Morgan fingerprint density at radius 2 is 2.03 bits per heavy atom. The number of carbonyl (C=O) groups is 1. The Labute approximate surface area is 217 Å². The lowest BCUT2D eigenvalue weighted by Crippen LogP contribution is -2.59. The van der Waals surface area contributed by atoms with Gasteiger partial charge in [0.05, 0.1) is 0 Å². The van der Waals surface area contributed by atoms with Crippen LogP contribution in [0.5, 0.6) is 0 Å². The molecular weight excluding hydrogens is 476 g/mol. The molecular formula is C27H39F2N7O. The number of benzene rings is 1. The highest BCUT2D eigenvalue weighted by Gasteiger charge is 2.38. The molecule has 1 amide bonds. The van der Waals surface area contributed by atoms with Gasteiger partial charge in [-0.2, -0.15) is 0 Å². The van der Waals surface area contributed by atoms with Crippen LogP contribution in [0, 0.1) is 11.3 Å². The molecule has 0 radical (unpaired) electrons. The zero-order valence-electron chi connectivity index (χ0n) is 21.8. The van der Waals surface area contributed by atoms with Crippen molar-refractivity contribution in [2.24, 2.45) is 16.6 Å². The Morgan fingerprint density at radius 3 is 2.68 bits per heavy atom. The van der Waals surface area contributed by atoms with E-state index in [4.69, 9.17) is 5.73 Å². The second kappa shape index (κ2) is 12.1. The zero-order valence-corrected chi connectivity index (χ0v) is 21.8. The van der Waals surface area contributed by atoms with Crippen molar-refractivity contribution in [3.05, 3.63) is 35.0 Å². The van der Waals surface area contributed by atoms with Crippen LogP contribution in [-0.2, 0) is 11.2 Å². The minimum Gasteiger partial charge on any atom is -0.404 e. The molecule has 3 aliphatic heterocycles. The maximum absolute atomic E-state index is 14.2. The molecule has 3 heterocycles. The number of hydrogen-bond donors (Lipinski definition) is 4. The van der Waals surface area contributed by atoms with Gasteiger partial charge in [-0.15, -0.1) is 0 Å². The summed E-state index contributed by atoms with van der Waals surface area (Å²) in [5.41, 5.74) is 8.03. The molecule has 2 atom stereocenters. The van der Waals surface area contributed by atoms with Crippen molar-refractivity contribution in [3.8, 4) is 0 Å². The van der Waals surface area contributed by atoms with E-state index in [1.807, 2.05) is 4.90 Å². The van der Waals surface area contributed by atoms with Gasteiger partial charge in [0.2, 0.25) is 5.91 Å². The van der Waals surface area contributed by atoms with Gasteiger partial charge in [-0.3, -0.25) is 15.2 Å². The van der Waals surface area contributed by atoms with Crippen LogP contribution in [0.4, 0.5) is 14.5 Å². The maximum Gasteiger partial charge on any atom is 0.264 e. The standard InChI is InChI=1S/C27H39F2N7O/c1-17(37)35-11-7-24(34-20-5-8-33-9-6-20)23(16-35)27(31)36-10-3-4-18-12-21(19(14-30)15-32-2)22(26(28)29)13-25(18)36/h12-15,20,23-24,26,31,33-34H,3-11,16,30H2,1-2H3. The fourth-order valence-corrected chi connectivity index (χ4v) is 5.88. The number of carbonyl (C=O) groups excluding carboxylic acids is 1. The van der Waals surface area contributed by atoms with Gasteiger partial charge >= 0.3 is 0 Å². The first-order chi connectivity index (χ1) is 17.8. The number of amides is 1. The number of amidine groups is 1. The lowest BCUT2D eigenvalue weighted by atomic mass is 9.87. The first-order valence-corrected chi connectivity index (χ1v) is 13.2. The van der Waals surface area contributed by atoms with Crippen molar-refractivity contribution in [1.29, 1.82) is 5.41 Å². The Morgan fingerprint density at radius 1 is 1.27 bits per heavy atom. The van der Waals surface area contributed by atoms with Crippen LogP contribution in [0.25, 0.3) is 5.57 Å². The van der Waals surface area contributed by atoms with Crippen LogP contribution in [-0.4, -0.2) is 74.7 Å². The SMILES string of the molecule is CN=CC(=CN)c1cc2c(cc1C(F)F)N(C(=N)C1CN(C(C)=O)CCC1NC1CCNCC1)CCC2. The van der Waals surface area contributed by atoms with Crippen molar-refractivity contribution in [2.45, 2.75) is 57.5 Å². The fourth-order valence-electron chi connectivity index (χ4n) is 5.88. The van der Waals surface area contributed by atoms with Crippen molar-refractivity contribution in [3.63, 3.8) is 0 Å². The van der Waals surface area contributed by atoms with Crippen LogP contribution in [0.3, 0.4) is 0 Å². The lowest BCUT2D eigenvalue weighted by molar-refractivity contribution is -0.130. The number of piperidine rings is 2. The Bertz CT molecular complexity index is 1050. The van der Waals surface area contributed by atoms with Gasteiger partial charge in [0.25, 0.3) is 6.43 Å². The molecule has 37 heavy (non-hydrogen) atoms. The number of anilines is 1. The Balaban J connectivity index is 1.67. The Hall–Kier alpha value is -2.85. The van der Waals surface area contributed by atoms with Gasteiger partial charge in [-0.25, -0.2) is 8.78 Å². The minimum atomic E-state index is -2.70. The number of aliphatic imine (C=N–C) groups is 1. The molecule has 2 saturated heterocycles. The number of likely N-dealkylation sites (tertiary alicyclic amines) is 1. The molecule has 5 N–H and O–H groups in total. The number of nitrogens with one attached hydrogen (secondary N) is 3. The molecule has 0 aliphatic carbocycles. The quantitative estimate of drug-likeness (QED) is 0.344. The van der Waals surface area contributed by atoms with Gasteiger partial charge < -0.3 is 26.2 Å². The second-order valence-electron chi connectivity index (χ2n) is 10.2. The summed E-state index contributed by atoms with van der Waals surface area (Å²) >= 11 is 0. The third-order valence-electron chi connectivity index (χ3n) is 7.85. The predicted octanol–water partition coefficient (Wildman–Crippen LogP) is 2.93. The van der Waals surface area contributed by atoms with E-state index in [9.17, 15) is 19.0 Å². The van der Waals surface area contributed by atoms with Crippen molar-refractivity contribution < 1.29 is 13.6 Å². The van der Waals surface area contributed by atoms with Crippen LogP contribution in [0.15, 0.2) is 23.3 Å². The lowest BCUT2D eigenvalue weighted by Gasteiger charge is -2.44. The topological polar surface area (TPSA) is 110 Å². The first kappa shape index (κ1) is 27.2. The molecule has 0 saturated carbocycles. The third kappa shape index (κ3) is 6.01. The van der Waals surface area contributed by atoms with Gasteiger partial charge in [0, 0.05) is 80.8 Å². The number of nitrogens with zero attached hydrogens (tertiary/aromatic N) is 3. The second-order valence-corrected chi connectivity index (χ2v) is 10.2. The largest absolute Gasteiger partial charge is 0.404 e. The smallest absolute Gasteiger partial charge is 0.264 e. The summed E-state index contributed by atoms with van der Waals surface area (Å²) in [6.45, 7) is 5.19. The molecule has 0 spiro atoms. The number of allylic oxidation sites excluding steroid dienone is 1. The number of aryl methyl sites for hydroxylation is 1. The normalized spacial score (nSPS) is 23.5. The van der Waals surface area contributed by atoms with Crippen LogP contribution >= 0.6 is 0 Å². The van der Waals surface area contributed by atoms with E-state index in [1.165, 1.54) is 18.5 Å². The maximum atomic E-state index is 14.2. The number of hydrogen-bond acceptors (Lipinski definition) is 6. The Kier molecular flexibility index (Phi) is 8.91. The van der Waals surface area contributed by atoms with E-state index < -0.39 is 6.43 Å². The summed E-state index contributed by atoms with van der Waals surface area (Å²) in [4.78, 5) is 19.9. The minimum absolute atomic E-state index is 0.000443. The highest BCUT2D eigenvalue weighted by Crippen LogP contribution is 2.38. The average molecular weight is 516 g/mol. The molecule has 0 bridgehead atoms. The molecule has 202 valence electrons. The molecule has 10 heteroatoms. The highest BCUT2D eigenvalue weighted by molar-refractivity contribution is 6.10. The summed E-state index contributed by atoms with van der Waals surface area (Å²) < 4.78 is 28.5. The summed E-state index contributed by atoms with van der Waals surface area (Å²) in [7, 11) is 1.58. The number of alkyl halides is 2. The average Bonchev–Trinajstić information content (AvgIpc) is 2.90. The van der Waals surface area contributed by atoms with E-state index >= 15 is 0 Å². The van der Waals surface area contributed by atoms with E-state index in [0.717, 1.165) is 50.8 Å². The molecule has 8 nitrogen and oxygen atoms in total. The van der Waals surface area contributed by atoms with E-state index in [0.29, 0.717) is 48.3 Å².